The quantitative estimate of drug-likeness (QED) is 0.300. The second-order valence-electron chi connectivity index (χ2n) is 17.1. The van der Waals surface area contributed by atoms with Crippen LogP contribution in [0.1, 0.15) is 83.3 Å². The molecule has 270 valence electrons. The summed E-state index contributed by atoms with van der Waals surface area (Å²) >= 11 is 0. The third kappa shape index (κ3) is 6.82. The minimum atomic E-state index is -0.656. The Hall–Kier alpha value is -3.00. The van der Waals surface area contributed by atoms with Gasteiger partial charge in [-0.15, -0.1) is 0 Å². The molecule has 0 bridgehead atoms. The number of carbonyl (C=O) groups is 2. The molecule has 0 radical (unpaired) electrons. The molecule has 1 heterocycles. The second kappa shape index (κ2) is 14.6. The molecule has 2 aromatic carbocycles. The fourth-order valence-corrected chi connectivity index (χ4v) is 12.0. The monoisotopic (exact) mass is 681 g/mol. The maximum absolute atomic E-state index is 14.0. The first-order valence-corrected chi connectivity index (χ1v) is 19.5. The Balaban J connectivity index is 1.00. The van der Waals surface area contributed by atoms with Crippen LogP contribution in [0.4, 0.5) is 0 Å². The van der Waals surface area contributed by atoms with Crippen molar-refractivity contribution < 1.29 is 19.8 Å². The SMILES string of the molecule is C[C@@H](O)[C@H]1CC[C@H]2[C@@H]3CC[C@H]4C[C@H](O)[C@@H](N5CCN(C(=O)[C@H](Cc6ccccc6)NC(=O)/C=C/c6ccccc6)CC5)C[C@]4(C)[C@H]3CC[C@]12C. The molecular formula is C43H59N3O4. The highest BCUT2D eigenvalue weighted by Crippen LogP contribution is 2.68. The first-order chi connectivity index (χ1) is 24.1. The molecule has 0 spiro atoms. The minimum absolute atomic E-state index is 0.0429. The zero-order valence-corrected chi connectivity index (χ0v) is 30.4. The van der Waals surface area contributed by atoms with Gasteiger partial charge >= 0.3 is 0 Å². The van der Waals surface area contributed by atoms with E-state index in [1.807, 2.05) is 72.5 Å². The van der Waals surface area contributed by atoms with Gasteiger partial charge in [-0.25, -0.2) is 0 Å². The third-order valence-electron chi connectivity index (χ3n) is 14.6. The summed E-state index contributed by atoms with van der Waals surface area (Å²) < 4.78 is 0. The molecule has 7 rings (SSSR count). The van der Waals surface area contributed by atoms with Crippen molar-refractivity contribution in [1.82, 2.24) is 15.1 Å². The summed E-state index contributed by atoms with van der Waals surface area (Å²) in [5.41, 5.74) is 2.41. The lowest BCUT2D eigenvalue weighted by atomic mass is 9.44. The number of carbonyl (C=O) groups excluding carboxylic acids is 2. The highest BCUT2D eigenvalue weighted by Gasteiger charge is 2.62. The molecule has 1 aliphatic heterocycles. The number of benzene rings is 2. The lowest BCUT2D eigenvalue weighted by molar-refractivity contribution is -0.156. The number of hydrogen-bond donors (Lipinski definition) is 3. The number of amides is 2. The lowest BCUT2D eigenvalue weighted by Crippen LogP contribution is -2.63. The van der Waals surface area contributed by atoms with Crippen LogP contribution in [0.25, 0.3) is 6.08 Å². The average molecular weight is 682 g/mol. The van der Waals surface area contributed by atoms with Crippen LogP contribution in [0, 0.1) is 40.4 Å². The molecule has 5 aliphatic rings. The summed E-state index contributed by atoms with van der Waals surface area (Å²) in [4.78, 5) is 31.5. The van der Waals surface area contributed by atoms with Crippen molar-refractivity contribution in [2.75, 3.05) is 26.2 Å². The molecular weight excluding hydrogens is 622 g/mol. The molecule has 4 saturated carbocycles. The minimum Gasteiger partial charge on any atom is -0.393 e. The summed E-state index contributed by atoms with van der Waals surface area (Å²) in [6, 6.07) is 19.1. The van der Waals surface area contributed by atoms with Gasteiger partial charge in [0.05, 0.1) is 12.2 Å². The number of aliphatic hydroxyl groups excluding tert-OH is 2. The Morgan fingerprint density at radius 1 is 0.900 bits per heavy atom. The zero-order valence-electron chi connectivity index (χ0n) is 30.4. The van der Waals surface area contributed by atoms with Gasteiger partial charge in [0.1, 0.15) is 6.04 Å². The smallest absolute Gasteiger partial charge is 0.245 e. The van der Waals surface area contributed by atoms with E-state index in [0.717, 1.165) is 49.4 Å². The van der Waals surface area contributed by atoms with Crippen molar-refractivity contribution >= 4 is 17.9 Å². The molecule has 2 aromatic rings. The van der Waals surface area contributed by atoms with E-state index >= 15 is 0 Å². The van der Waals surface area contributed by atoms with Gasteiger partial charge in [0, 0.05) is 44.7 Å². The van der Waals surface area contributed by atoms with E-state index in [1.54, 1.807) is 6.08 Å². The number of nitrogens with zero attached hydrogens (tertiary/aromatic N) is 2. The number of rotatable bonds is 8. The zero-order chi connectivity index (χ0) is 35.0. The first kappa shape index (κ1) is 35.4. The fraction of sp³-hybridized carbons (Fsp3) is 0.628. The van der Waals surface area contributed by atoms with Crippen molar-refractivity contribution in [3.05, 3.63) is 77.9 Å². The summed E-state index contributed by atoms with van der Waals surface area (Å²) in [5, 5.41) is 25.3. The van der Waals surface area contributed by atoms with Crippen LogP contribution in [0.15, 0.2) is 66.7 Å². The van der Waals surface area contributed by atoms with Crippen molar-refractivity contribution in [2.45, 2.75) is 103 Å². The van der Waals surface area contributed by atoms with E-state index in [1.165, 1.54) is 38.2 Å². The fourth-order valence-electron chi connectivity index (χ4n) is 12.0. The van der Waals surface area contributed by atoms with Gasteiger partial charge in [-0.2, -0.15) is 0 Å². The maximum Gasteiger partial charge on any atom is 0.245 e. The second-order valence-corrected chi connectivity index (χ2v) is 17.1. The Kier molecular flexibility index (Phi) is 10.3. The van der Waals surface area contributed by atoms with E-state index in [-0.39, 0.29) is 40.9 Å². The van der Waals surface area contributed by atoms with Crippen molar-refractivity contribution in [3.63, 3.8) is 0 Å². The number of aliphatic hydroxyl groups is 2. The van der Waals surface area contributed by atoms with E-state index in [2.05, 4.69) is 24.1 Å². The maximum atomic E-state index is 14.0. The molecule has 0 unspecified atom stereocenters. The Morgan fingerprint density at radius 2 is 1.58 bits per heavy atom. The van der Waals surface area contributed by atoms with Crippen molar-refractivity contribution in [2.24, 2.45) is 40.4 Å². The summed E-state index contributed by atoms with van der Waals surface area (Å²) in [7, 11) is 0. The van der Waals surface area contributed by atoms with Gasteiger partial charge in [-0.3, -0.25) is 14.5 Å². The molecule has 4 aliphatic carbocycles. The van der Waals surface area contributed by atoms with Gasteiger partial charge in [0.15, 0.2) is 0 Å². The molecule has 50 heavy (non-hydrogen) atoms. The van der Waals surface area contributed by atoms with Crippen LogP contribution in [0.5, 0.6) is 0 Å². The third-order valence-corrected chi connectivity index (χ3v) is 14.6. The molecule has 2 amide bonds. The highest BCUT2D eigenvalue weighted by atomic mass is 16.3. The molecule has 3 N–H and O–H groups in total. The van der Waals surface area contributed by atoms with Gasteiger partial charge in [0.25, 0.3) is 0 Å². The predicted molar refractivity (Wildman–Crippen MR) is 198 cm³/mol. The average Bonchev–Trinajstić information content (AvgIpc) is 3.49. The largest absolute Gasteiger partial charge is 0.393 e. The van der Waals surface area contributed by atoms with E-state index < -0.39 is 6.04 Å². The van der Waals surface area contributed by atoms with Crippen molar-refractivity contribution in [1.29, 1.82) is 0 Å². The molecule has 7 heteroatoms. The van der Waals surface area contributed by atoms with Gasteiger partial charge in [0.2, 0.25) is 11.8 Å². The normalized spacial score (nSPS) is 37.0. The number of fused-ring (bicyclic) bond motifs is 5. The number of piperazine rings is 1. The molecule has 11 atom stereocenters. The van der Waals surface area contributed by atoms with Gasteiger partial charge < -0.3 is 20.4 Å². The summed E-state index contributed by atoms with van der Waals surface area (Å²) in [6.45, 7) is 9.70. The number of hydrogen-bond acceptors (Lipinski definition) is 5. The summed E-state index contributed by atoms with van der Waals surface area (Å²) in [6.07, 6.45) is 12.4. The predicted octanol–water partition coefficient (Wildman–Crippen LogP) is 5.95. The Bertz CT molecular complexity index is 1510. The first-order valence-electron chi connectivity index (χ1n) is 19.5. The van der Waals surface area contributed by atoms with E-state index in [4.69, 9.17) is 0 Å². The van der Waals surface area contributed by atoms with Crippen LogP contribution in [0.3, 0.4) is 0 Å². The van der Waals surface area contributed by atoms with E-state index in [9.17, 15) is 19.8 Å². The highest BCUT2D eigenvalue weighted by molar-refractivity contribution is 5.95. The summed E-state index contributed by atoms with van der Waals surface area (Å²) in [5.74, 6) is 2.78. The van der Waals surface area contributed by atoms with Crippen LogP contribution < -0.4 is 5.32 Å². The lowest BCUT2D eigenvalue weighted by Gasteiger charge is -2.63. The van der Waals surface area contributed by atoms with Gasteiger partial charge in [-0.05, 0) is 116 Å². The molecule has 7 nitrogen and oxygen atoms in total. The molecule has 1 saturated heterocycles. The standard InChI is InChI=1S/C43H59N3O4/c1-29(47)34-17-18-35-33-16-15-32-27-39(48)38(28-43(32,3)36(33)20-21-42(34,35)2)45-22-24-46(25-23-45)41(50)37(26-31-12-8-5-9-13-31)44-40(49)19-14-30-10-6-4-7-11-30/h4-14,19,29,32-39,47-48H,15-18,20-28H2,1-3H3,(H,44,49)/b19-14+/t29-,32+,33+,34-,35+,36+,37+,38+,39+,42-,43+/m1/s1. The van der Waals surface area contributed by atoms with Gasteiger partial charge in [-0.1, -0.05) is 74.5 Å². The van der Waals surface area contributed by atoms with E-state index in [0.29, 0.717) is 43.2 Å². The van der Waals surface area contributed by atoms with Crippen LogP contribution >= 0.6 is 0 Å². The topological polar surface area (TPSA) is 93.1 Å². The van der Waals surface area contributed by atoms with Crippen LogP contribution in [0.2, 0.25) is 0 Å². The van der Waals surface area contributed by atoms with Crippen LogP contribution in [-0.4, -0.2) is 82.3 Å². The van der Waals surface area contributed by atoms with Crippen LogP contribution in [-0.2, 0) is 16.0 Å². The molecule has 5 fully saturated rings. The Labute approximate surface area is 299 Å². The molecule has 0 aromatic heterocycles. The van der Waals surface area contributed by atoms with Crippen molar-refractivity contribution in [3.8, 4) is 0 Å². The Morgan fingerprint density at radius 3 is 2.28 bits per heavy atom. The number of nitrogens with one attached hydrogen (secondary N) is 1.